The van der Waals surface area contributed by atoms with Crippen LogP contribution in [0.15, 0.2) is 54.2 Å². The molecule has 1 heterocycles. The van der Waals surface area contributed by atoms with Crippen LogP contribution in [-0.2, 0) is 19.2 Å². The van der Waals surface area contributed by atoms with Gasteiger partial charge in [0, 0.05) is 41.8 Å². The molecule has 0 bridgehead atoms. The first kappa shape index (κ1) is 19.5. The maximum atomic E-state index is 11.9. The zero-order chi connectivity index (χ0) is 19.8. The molecule has 9 nitrogen and oxygen atoms in total. The van der Waals surface area contributed by atoms with E-state index >= 15 is 0 Å². The van der Waals surface area contributed by atoms with Crippen molar-refractivity contribution in [1.82, 2.24) is 4.98 Å². The summed E-state index contributed by atoms with van der Waals surface area (Å²) in [5.41, 5.74) is 2.85. The van der Waals surface area contributed by atoms with E-state index < -0.39 is 23.8 Å². The topological polar surface area (TPSA) is 146 Å². The average molecular weight is 387 g/mol. The summed E-state index contributed by atoms with van der Waals surface area (Å²) in [6, 6.07) is 4.68. The molecule has 0 saturated heterocycles. The van der Waals surface area contributed by atoms with Crippen molar-refractivity contribution < 1.29 is 29.4 Å². The highest BCUT2D eigenvalue weighted by molar-refractivity contribution is 7.13. The maximum absolute atomic E-state index is 11.9. The summed E-state index contributed by atoms with van der Waals surface area (Å²) in [5.74, 6) is -3.86. The van der Waals surface area contributed by atoms with Gasteiger partial charge in [0.05, 0.1) is 16.1 Å². The number of aliphatic carboxylic acids is 2. The Morgan fingerprint density at radius 1 is 0.926 bits per heavy atom. The lowest BCUT2D eigenvalue weighted by Gasteiger charge is -2.11. The monoisotopic (exact) mass is 387 g/mol. The summed E-state index contributed by atoms with van der Waals surface area (Å²) in [6.45, 7) is 0. The molecule has 27 heavy (non-hydrogen) atoms. The second-order valence-corrected chi connectivity index (χ2v) is 5.83. The highest BCUT2D eigenvalue weighted by atomic mass is 32.1. The van der Waals surface area contributed by atoms with Crippen molar-refractivity contribution in [3.05, 3.63) is 54.2 Å². The predicted octanol–water partition coefficient (Wildman–Crippen LogP) is 1.97. The van der Waals surface area contributed by atoms with E-state index in [0.29, 0.717) is 29.1 Å². The number of nitrogens with one attached hydrogen (secondary N) is 2. The van der Waals surface area contributed by atoms with Crippen molar-refractivity contribution in [3.63, 3.8) is 0 Å². The number of aromatic nitrogens is 1. The minimum absolute atomic E-state index is 0.306. The third kappa shape index (κ3) is 6.21. The van der Waals surface area contributed by atoms with Crippen LogP contribution in [0.3, 0.4) is 0 Å². The maximum Gasteiger partial charge on any atom is 0.328 e. The van der Waals surface area contributed by atoms with Gasteiger partial charge in [0.15, 0.2) is 0 Å². The van der Waals surface area contributed by atoms with Crippen LogP contribution < -0.4 is 10.6 Å². The highest BCUT2D eigenvalue weighted by Crippen LogP contribution is 2.33. The largest absolute Gasteiger partial charge is 0.478 e. The summed E-state index contributed by atoms with van der Waals surface area (Å²) in [6.07, 6.45) is 4.70. The van der Waals surface area contributed by atoms with Crippen molar-refractivity contribution in [2.24, 2.45) is 0 Å². The standard InChI is InChI=1S/C17H13N3O6S/c21-14(3-5-16(23)24)19-10-1-2-11(13-8-18-9-27-13)12(7-10)20-15(22)4-6-17(25)26/h1-9H,(H,19,21)(H,20,22)(H,23,24)(H,25,26). The Morgan fingerprint density at radius 2 is 1.56 bits per heavy atom. The molecule has 138 valence electrons. The van der Waals surface area contributed by atoms with Crippen molar-refractivity contribution in [1.29, 1.82) is 0 Å². The number of anilines is 2. The number of carboxylic acids is 2. The van der Waals surface area contributed by atoms with Crippen LogP contribution in [0.2, 0.25) is 0 Å². The van der Waals surface area contributed by atoms with Crippen molar-refractivity contribution in [2.45, 2.75) is 0 Å². The Kier molecular flexibility index (Phi) is 6.55. The summed E-state index contributed by atoms with van der Waals surface area (Å²) in [7, 11) is 0. The Balaban J connectivity index is 2.29. The molecule has 10 heteroatoms. The van der Waals surface area contributed by atoms with Crippen molar-refractivity contribution in [2.75, 3.05) is 10.6 Å². The quantitative estimate of drug-likeness (QED) is 0.531. The zero-order valence-corrected chi connectivity index (χ0v) is 14.4. The summed E-state index contributed by atoms with van der Waals surface area (Å²) in [5, 5.41) is 22.1. The molecular weight excluding hydrogens is 374 g/mol. The van der Waals surface area contributed by atoms with E-state index in [1.807, 2.05) is 0 Å². The summed E-state index contributed by atoms with van der Waals surface area (Å²) in [4.78, 5) is 49.3. The molecule has 1 aromatic heterocycles. The van der Waals surface area contributed by atoms with E-state index in [0.717, 1.165) is 17.0 Å². The van der Waals surface area contributed by atoms with Crippen LogP contribution in [0.25, 0.3) is 10.4 Å². The number of nitrogens with zero attached hydrogens (tertiary/aromatic N) is 1. The lowest BCUT2D eigenvalue weighted by molar-refractivity contribution is -0.132. The first-order valence-corrected chi connectivity index (χ1v) is 8.20. The van der Waals surface area contributed by atoms with Gasteiger partial charge in [-0.15, -0.1) is 11.3 Å². The third-order valence-electron chi connectivity index (χ3n) is 3.00. The van der Waals surface area contributed by atoms with E-state index in [1.54, 1.807) is 23.8 Å². The predicted molar refractivity (Wildman–Crippen MR) is 98.4 cm³/mol. The van der Waals surface area contributed by atoms with Crippen LogP contribution in [0.5, 0.6) is 0 Å². The first-order chi connectivity index (χ1) is 12.8. The van der Waals surface area contributed by atoms with E-state index in [4.69, 9.17) is 10.2 Å². The fourth-order valence-corrected chi connectivity index (χ4v) is 2.60. The second kappa shape index (κ2) is 9.06. The smallest absolute Gasteiger partial charge is 0.328 e. The molecule has 0 aliphatic rings. The first-order valence-electron chi connectivity index (χ1n) is 7.32. The van der Waals surface area contributed by atoms with Gasteiger partial charge in [0.25, 0.3) is 0 Å². The molecule has 1 aromatic carbocycles. The lowest BCUT2D eigenvalue weighted by Crippen LogP contribution is -2.12. The number of hydrogen-bond donors (Lipinski definition) is 4. The molecule has 0 fully saturated rings. The molecule has 0 radical (unpaired) electrons. The van der Waals surface area contributed by atoms with Crippen LogP contribution in [0.1, 0.15) is 0 Å². The molecule has 2 aromatic rings. The molecule has 0 atom stereocenters. The summed E-state index contributed by atoms with van der Waals surface area (Å²) >= 11 is 1.33. The van der Waals surface area contributed by atoms with Gasteiger partial charge in [0.2, 0.25) is 11.8 Å². The van der Waals surface area contributed by atoms with Gasteiger partial charge in [-0.2, -0.15) is 0 Å². The molecule has 0 spiro atoms. The molecule has 0 aliphatic carbocycles. The van der Waals surface area contributed by atoms with Crippen LogP contribution in [0, 0.1) is 0 Å². The Morgan fingerprint density at radius 3 is 2.11 bits per heavy atom. The Hall–Kier alpha value is -3.79. The van der Waals surface area contributed by atoms with Crippen molar-refractivity contribution >= 4 is 46.5 Å². The normalized spacial score (nSPS) is 10.8. The molecule has 0 saturated carbocycles. The van der Waals surface area contributed by atoms with Crippen LogP contribution in [0.4, 0.5) is 11.4 Å². The molecule has 2 amide bonds. The number of benzene rings is 1. The molecular formula is C17H13N3O6S. The highest BCUT2D eigenvalue weighted by Gasteiger charge is 2.11. The van der Waals surface area contributed by atoms with Gasteiger partial charge in [0.1, 0.15) is 0 Å². The molecule has 0 aliphatic heterocycles. The van der Waals surface area contributed by atoms with E-state index in [-0.39, 0.29) is 0 Å². The number of amides is 2. The number of carbonyl (C=O) groups is 4. The van der Waals surface area contributed by atoms with Crippen LogP contribution >= 0.6 is 11.3 Å². The number of hydrogen-bond acceptors (Lipinski definition) is 6. The minimum Gasteiger partial charge on any atom is -0.478 e. The van der Waals surface area contributed by atoms with Gasteiger partial charge in [-0.3, -0.25) is 14.6 Å². The van der Waals surface area contributed by atoms with E-state index in [1.165, 1.54) is 17.4 Å². The van der Waals surface area contributed by atoms with Crippen molar-refractivity contribution in [3.8, 4) is 10.4 Å². The van der Waals surface area contributed by atoms with E-state index in [9.17, 15) is 19.2 Å². The zero-order valence-electron chi connectivity index (χ0n) is 13.6. The number of carbonyl (C=O) groups excluding carboxylic acids is 2. The Bertz CT molecular complexity index is 934. The molecule has 2 rings (SSSR count). The van der Waals surface area contributed by atoms with Gasteiger partial charge in [-0.1, -0.05) is 0 Å². The fraction of sp³-hybridized carbons (Fsp3) is 0. The number of carboxylic acid groups (broad SMARTS) is 2. The summed E-state index contributed by atoms with van der Waals surface area (Å²) < 4.78 is 0. The van der Waals surface area contributed by atoms with Crippen LogP contribution in [-0.4, -0.2) is 39.0 Å². The minimum atomic E-state index is -1.26. The number of rotatable bonds is 7. The third-order valence-corrected chi connectivity index (χ3v) is 3.80. The van der Waals surface area contributed by atoms with Gasteiger partial charge in [-0.25, -0.2) is 9.59 Å². The number of thiazole rings is 1. The second-order valence-electron chi connectivity index (χ2n) is 4.95. The Labute approximate surface area is 156 Å². The van der Waals surface area contributed by atoms with Gasteiger partial charge < -0.3 is 20.8 Å². The van der Waals surface area contributed by atoms with Gasteiger partial charge >= 0.3 is 11.9 Å². The average Bonchev–Trinajstić information content (AvgIpc) is 3.13. The van der Waals surface area contributed by atoms with Gasteiger partial charge in [-0.05, 0) is 18.2 Å². The SMILES string of the molecule is O=C(O)C=CC(=O)Nc1ccc(-c2cncs2)c(NC(=O)C=CC(=O)O)c1. The molecule has 4 N–H and O–H groups in total. The lowest BCUT2D eigenvalue weighted by atomic mass is 10.1. The fourth-order valence-electron chi connectivity index (χ4n) is 1.94. The molecule has 0 unspecified atom stereocenters. The van der Waals surface area contributed by atoms with E-state index in [2.05, 4.69) is 15.6 Å².